The monoisotopic (exact) mass is 302 g/mol. The van der Waals surface area contributed by atoms with Crippen LogP contribution in [0.4, 0.5) is 0 Å². The maximum Gasteiger partial charge on any atom is 0.119 e. The molecule has 0 bridgehead atoms. The molecule has 0 aromatic heterocycles. The Balaban J connectivity index is 1.79. The van der Waals surface area contributed by atoms with Crippen LogP contribution in [0.15, 0.2) is 53.6 Å². The molecule has 1 N–H and O–H groups in total. The van der Waals surface area contributed by atoms with Crippen molar-refractivity contribution in [3.63, 3.8) is 0 Å². The van der Waals surface area contributed by atoms with Gasteiger partial charge in [0.05, 0.1) is 19.4 Å². The smallest absolute Gasteiger partial charge is 0.119 e. The number of rotatable bonds is 7. The van der Waals surface area contributed by atoms with Crippen LogP contribution in [0.1, 0.15) is 24.5 Å². The van der Waals surface area contributed by atoms with Gasteiger partial charge in [0.25, 0.3) is 0 Å². The van der Waals surface area contributed by atoms with Crippen LogP contribution >= 0.6 is 11.6 Å². The number of hydrazone groups is 1. The van der Waals surface area contributed by atoms with E-state index in [0.29, 0.717) is 6.54 Å². The van der Waals surface area contributed by atoms with Crippen LogP contribution in [-0.2, 0) is 6.54 Å². The summed E-state index contributed by atoms with van der Waals surface area (Å²) in [5, 5.41) is 4.95. The van der Waals surface area contributed by atoms with Crippen molar-refractivity contribution in [2.24, 2.45) is 5.10 Å². The Hall–Kier alpha value is -2.00. The largest absolute Gasteiger partial charge is 0.494 e. The molecule has 0 radical (unpaired) electrons. The zero-order valence-corrected chi connectivity index (χ0v) is 12.8. The standard InChI is InChI=1S/C17H19ClN2O/c1-2-11-21-17-9-5-15(6-10-17)13-20-19-12-14-3-7-16(18)8-4-14/h3-10,13,19H,2,11-12H2,1H3/b20-13-. The first-order valence-electron chi connectivity index (χ1n) is 7.01. The molecule has 3 nitrogen and oxygen atoms in total. The molecule has 0 aliphatic heterocycles. The second-order valence-electron chi connectivity index (χ2n) is 4.64. The predicted molar refractivity (Wildman–Crippen MR) is 88.1 cm³/mol. The van der Waals surface area contributed by atoms with Crippen molar-refractivity contribution < 1.29 is 4.74 Å². The van der Waals surface area contributed by atoms with E-state index in [1.165, 1.54) is 0 Å². The first-order chi connectivity index (χ1) is 10.3. The molecule has 2 rings (SSSR count). The number of nitrogens with one attached hydrogen (secondary N) is 1. The maximum atomic E-state index is 5.84. The highest BCUT2D eigenvalue weighted by Crippen LogP contribution is 2.11. The molecule has 110 valence electrons. The van der Waals surface area contributed by atoms with Crippen molar-refractivity contribution >= 4 is 17.8 Å². The molecule has 0 atom stereocenters. The van der Waals surface area contributed by atoms with Crippen LogP contribution in [0.25, 0.3) is 0 Å². The number of hydrogen-bond acceptors (Lipinski definition) is 3. The quantitative estimate of drug-likeness (QED) is 0.612. The van der Waals surface area contributed by atoms with E-state index in [1.54, 1.807) is 6.21 Å². The van der Waals surface area contributed by atoms with Crippen molar-refractivity contribution in [3.05, 3.63) is 64.7 Å². The number of halogens is 1. The molecule has 2 aromatic rings. The summed E-state index contributed by atoms with van der Waals surface area (Å²) in [5.74, 6) is 0.892. The minimum atomic E-state index is 0.672. The van der Waals surface area contributed by atoms with Gasteiger partial charge < -0.3 is 10.2 Å². The minimum Gasteiger partial charge on any atom is -0.494 e. The van der Waals surface area contributed by atoms with Gasteiger partial charge in [-0.3, -0.25) is 0 Å². The molecule has 0 fully saturated rings. The van der Waals surface area contributed by atoms with E-state index in [2.05, 4.69) is 17.5 Å². The molecule has 0 unspecified atom stereocenters. The highest BCUT2D eigenvalue weighted by molar-refractivity contribution is 6.30. The number of nitrogens with zero attached hydrogens (tertiary/aromatic N) is 1. The summed E-state index contributed by atoms with van der Waals surface area (Å²) in [6, 6.07) is 15.6. The summed E-state index contributed by atoms with van der Waals surface area (Å²) < 4.78 is 5.53. The van der Waals surface area contributed by atoms with Gasteiger partial charge in [0, 0.05) is 5.02 Å². The molecule has 2 aromatic carbocycles. The molecule has 0 saturated heterocycles. The number of benzene rings is 2. The van der Waals surface area contributed by atoms with E-state index >= 15 is 0 Å². The lowest BCUT2D eigenvalue weighted by molar-refractivity contribution is 0.317. The van der Waals surface area contributed by atoms with E-state index in [4.69, 9.17) is 16.3 Å². The Labute approximate surface area is 130 Å². The summed E-state index contributed by atoms with van der Waals surface area (Å²) in [6.07, 6.45) is 2.80. The summed E-state index contributed by atoms with van der Waals surface area (Å²) in [7, 11) is 0. The third-order valence-electron chi connectivity index (χ3n) is 2.85. The minimum absolute atomic E-state index is 0.672. The van der Waals surface area contributed by atoms with Crippen LogP contribution in [0.5, 0.6) is 5.75 Å². The SMILES string of the molecule is CCCOc1ccc(/C=N\NCc2ccc(Cl)cc2)cc1. The molecule has 0 aliphatic rings. The predicted octanol–water partition coefficient (Wildman–Crippen LogP) is 4.25. The van der Waals surface area contributed by atoms with E-state index in [9.17, 15) is 0 Å². The highest BCUT2D eigenvalue weighted by atomic mass is 35.5. The zero-order chi connectivity index (χ0) is 14.9. The van der Waals surface area contributed by atoms with E-state index in [0.717, 1.165) is 34.9 Å². The van der Waals surface area contributed by atoms with E-state index in [1.807, 2.05) is 48.5 Å². The molecule has 0 spiro atoms. The molecule has 4 heteroatoms. The van der Waals surface area contributed by atoms with E-state index in [-0.39, 0.29) is 0 Å². The summed E-state index contributed by atoms with van der Waals surface area (Å²) >= 11 is 5.84. The normalized spacial score (nSPS) is 10.8. The molecule has 0 amide bonds. The summed E-state index contributed by atoms with van der Waals surface area (Å²) in [6.45, 7) is 3.51. The Morgan fingerprint density at radius 3 is 2.48 bits per heavy atom. The second kappa shape index (κ2) is 8.32. The average Bonchev–Trinajstić information content (AvgIpc) is 2.52. The summed E-state index contributed by atoms with van der Waals surface area (Å²) in [5.41, 5.74) is 5.18. The zero-order valence-electron chi connectivity index (χ0n) is 12.1. The Kier molecular flexibility index (Phi) is 6.10. The molecule has 0 aliphatic carbocycles. The van der Waals surface area contributed by atoms with Gasteiger partial charge in [-0.2, -0.15) is 5.10 Å². The van der Waals surface area contributed by atoms with Crippen molar-refractivity contribution in [1.82, 2.24) is 5.43 Å². The van der Waals surface area contributed by atoms with E-state index < -0.39 is 0 Å². The fraction of sp³-hybridized carbons (Fsp3) is 0.235. The third-order valence-corrected chi connectivity index (χ3v) is 3.11. The first-order valence-corrected chi connectivity index (χ1v) is 7.39. The average molecular weight is 303 g/mol. The van der Waals surface area contributed by atoms with Crippen molar-refractivity contribution in [2.45, 2.75) is 19.9 Å². The van der Waals surface area contributed by atoms with Gasteiger partial charge in [-0.05, 0) is 53.9 Å². The molecule has 0 heterocycles. The van der Waals surface area contributed by atoms with Crippen molar-refractivity contribution in [1.29, 1.82) is 0 Å². The second-order valence-corrected chi connectivity index (χ2v) is 5.07. The van der Waals surface area contributed by atoms with Crippen LogP contribution < -0.4 is 10.2 Å². The van der Waals surface area contributed by atoms with Gasteiger partial charge >= 0.3 is 0 Å². The first kappa shape index (κ1) is 15.4. The van der Waals surface area contributed by atoms with Gasteiger partial charge in [-0.15, -0.1) is 0 Å². The van der Waals surface area contributed by atoms with Gasteiger partial charge in [-0.1, -0.05) is 30.7 Å². The maximum absolute atomic E-state index is 5.84. The lowest BCUT2D eigenvalue weighted by Crippen LogP contribution is -2.05. The molecular formula is C17H19ClN2O. The Bertz CT molecular complexity index is 564. The lowest BCUT2D eigenvalue weighted by Gasteiger charge is -2.04. The van der Waals surface area contributed by atoms with Gasteiger partial charge in [-0.25, -0.2) is 0 Å². The Morgan fingerprint density at radius 2 is 1.81 bits per heavy atom. The fourth-order valence-electron chi connectivity index (χ4n) is 1.73. The number of ether oxygens (including phenoxy) is 1. The van der Waals surface area contributed by atoms with Crippen molar-refractivity contribution in [2.75, 3.05) is 6.61 Å². The third kappa shape index (κ3) is 5.48. The molecular weight excluding hydrogens is 284 g/mol. The topological polar surface area (TPSA) is 33.6 Å². The highest BCUT2D eigenvalue weighted by Gasteiger charge is 1.93. The van der Waals surface area contributed by atoms with Gasteiger partial charge in [0.2, 0.25) is 0 Å². The molecule has 21 heavy (non-hydrogen) atoms. The van der Waals surface area contributed by atoms with Gasteiger partial charge in [0.1, 0.15) is 5.75 Å². The van der Waals surface area contributed by atoms with Crippen LogP contribution in [0, 0.1) is 0 Å². The fourth-order valence-corrected chi connectivity index (χ4v) is 1.86. The van der Waals surface area contributed by atoms with Crippen LogP contribution in [-0.4, -0.2) is 12.8 Å². The lowest BCUT2D eigenvalue weighted by atomic mass is 10.2. The van der Waals surface area contributed by atoms with Crippen LogP contribution in [0.2, 0.25) is 5.02 Å². The van der Waals surface area contributed by atoms with Crippen LogP contribution in [0.3, 0.4) is 0 Å². The van der Waals surface area contributed by atoms with Gasteiger partial charge in [0.15, 0.2) is 0 Å². The summed E-state index contributed by atoms with van der Waals surface area (Å²) in [4.78, 5) is 0. The van der Waals surface area contributed by atoms with Crippen molar-refractivity contribution in [3.8, 4) is 5.75 Å². The number of hydrogen-bond donors (Lipinski definition) is 1. The Morgan fingerprint density at radius 1 is 1.10 bits per heavy atom. The molecule has 0 saturated carbocycles.